The molecule has 0 aromatic heterocycles. The molecule has 0 spiro atoms. The molecule has 10 nitrogen and oxygen atoms in total. The van der Waals surface area contributed by atoms with Crippen molar-refractivity contribution in [1.82, 2.24) is 12.3 Å². The first-order valence-corrected chi connectivity index (χ1v) is 4.19. The molecule has 0 saturated heterocycles. The van der Waals surface area contributed by atoms with Gasteiger partial charge in [0.05, 0.1) is 0 Å². The molecular weight excluding hydrogens is 327 g/mol. The van der Waals surface area contributed by atoms with Crippen LogP contribution in [0.5, 0.6) is 0 Å². The third-order valence-electron chi connectivity index (χ3n) is 0. The second-order valence-corrected chi connectivity index (χ2v) is 2.69. The van der Waals surface area contributed by atoms with Gasteiger partial charge in [0, 0.05) is 20.4 Å². The molecular formula is H10N2O8PdS2. The Balaban J connectivity index is -0.0000000267. The van der Waals surface area contributed by atoms with E-state index in [0.29, 0.717) is 0 Å². The Hall–Kier alpha value is 0.322. The molecule has 0 aliphatic carbocycles. The van der Waals surface area contributed by atoms with Gasteiger partial charge in [-0.3, -0.25) is 18.2 Å². The van der Waals surface area contributed by atoms with Crippen LogP contribution in [0.1, 0.15) is 0 Å². The summed E-state index contributed by atoms with van der Waals surface area (Å²) in [6, 6.07) is 0. The SMILES string of the molecule is N.N.O=S(=O)(O)O.O=S(=O)(O)O.[Pd]. The van der Waals surface area contributed by atoms with E-state index in [1.54, 1.807) is 0 Å². The summed E-state index contributed by atoms with van der Waals surface area (Å²) in [5.74, 6) is 0. The van der Waals surface area contributed by atoms with E-state index in [2.05, 4.69) is 0 Å². The normalized spacial score (nSPS) is 8.92. The first kappa shape index (κ1) is 29.2. The van der Waals surface area contributed by atoms with Crippen LogP contribution < -0.4 is 12.3 Å². The molecule has 0 fully saturated rings. The Bertz CT molecular complexity index is 217. The number of hydrogen-bond acceptors (Lipinski definition) is 6. The van der Waals surface area contributed by atoms with Gasteiger partial charge in [-0.15, -0.1) is 0 Å². The molecule has 13 heavy (non-hydrogen) atoms. The van der Waals surface area contributed by atoms with Crippen LogP contribution in [0.4, 0.5) is 0 Å². The molecule has 0 amide bonds. The van der Waals surface area contributed by atoms with Crippen LogP contribution in [-0.2, 0) is 41.2 Å². The van der Waals surface area contributed by atoms with Crippen molar-refractivity contribution in [3.63, 3.8) is 0 Å². The van der Waals surface area contributed by atoms with Gasteiger partial charge in [-0.05, 0) is 0 Å². The van der Waals surface area contributed by atoms with Crippen molar-refractivity contribution in [2.75, 3.05) is 0 Å². The zero-order valence-electron chi connectivity index (χ0n) is 5.97. The van der Waals surface area contributed by atoms with E-state index in [-0.39, 0.29) is 32.7 Å². The van der Waals surface area contributed by atoms with E-state index in [0.717, 1.165) is 0 Å². The summed E-state index contributed by atoms with van der Waals surface area (Å²) in [4.78, 5) is 0. The average Bonchev–Trinajstić information content (AvgIpc) is 1.12. The van der Waals surface area contributed by atoms with Crippen molar-refractivity contribution in [3.8, 4) is 0 Å². The molecule has 13 heteroatoms. The Morgan fingerprint density at radius 2 is 0.615 bits per heavy atom. The van der Waals surface area contributed by atoms with Crippen LogP contribution in [0.25, 0.3) is 0 Å². The van der Waals surface area contributed by atoms with Crippen LogP contribution in [0.3, 0.4) is 0 Å². The summed E-state index contributed by atoms with van der Waals surface area (Å²) >= 11 is 0. The Morgan fingerprint density at radius 1 is 0.615 bits per heavy atom. The van der Waals surface area contributed by atoms with Crippen molar-refractivity contribution in [2.45, 2.75) is 0 Å². The topological polar surface area (TPSA) is 219 Å². The smallest absolute Gasteiger partial charge is 0.344 e. The Morgan fingerprint density at radius 3 is 0.615 bits per heavy atom. The fraction of sp³-hybridized carbons (Fsp3) is 0. The van der Waals surface area contributed by atoms with Gasteiger partial charge in [-0.2, -0.15) is 16.8 Å². The second kappa shape index (κ2) is 10.4. The molecule has 0 bridgehead atoms. The molecule has 0 unspecified atom stereocenters. The van der Waals surface area contributed by atoms with E-state index < -0.39 is 20.8 Å². The van der Waals surface area contributed by atoms with E-state index in [9.17, 15) is 0 Å². The summed E-state index contributed by atoms with van der Waals surface area (Å²) in [7, 11) is -9.33. The zero-order chi connectivity index (χ0) is 9.00. The van der Waals surface area contributed by atoms with Gasteiger partial charge in [0.15, 0.2) is 0 Å². The third-order valence-corrected chi connectivity index (χ3v) is 0. The average molecular weight is 337 g/mol. The number of hydrogen-bond donors (Lipinski definition) is 6. The fourth-order valence-electron chi connectivity index (χ4n) is 0. The molecule has 0 heterocycles. The maximum Gasteiger partial charge on any atom is 0.394 e. The predicted molar refractivity (Wildman–Crippen MR) is 38.4 cm³/mol. The summed E-state index contributed by atoms with van der Waals surface area (Å²) in [5.41, 5.74) is 0. The first-order valence-electron chi connectivity index (χ1n) is 1.40. The van der Waals surface area contributed by atoms with Crippen LogP contribution >= 0.6 is 0 Å². The summed E-state index contributed by atoms with van der Waals surface area (Å²) in [5, 5.41) is 0. The molecule has 0 radical (unpaired) electrons. The van der Waals surface area contributed by atoms with Gasteiger partial charge in [-0.1, -0.05) is 0 Å². The standard InChI is InChI=1S/2H3N.2H2O4S.Pd/c;;2*1-5(2,3)4;/h2*1H3;2*(H2,1,2,3,4);. The minimum Gasteiger partial charge on any atom is -0.344 e. The summed E-state index contributed by atoms with van der Waals surface area (Å²) in [6.07, 6.45) is 0. The molecule has 10 N–H and O–H groups in total. The van der Waals surface area contributed by atoms with Gasteiger partial charge in [0.25, 0.3) is 0 Å². The number of rotatable bonds is 0. The van der Waals surface area contributed by atoms with Gasteiger partial charge in [0.2, 0.25) is 0 Å². The van der Waals surface area contributed by atoms with Crippen LogP contribution in [0, 0.1) is 0 Å². The summed E-state index contributed by atoms with van der Waals surface area (Å²) < 4.78 is 63.2. The van der Waals surface area contributed by atoms with Crippen molar-refractivity contribution in [3.05, 3.63) is 0 Å². The molecule has 0 aromatic rings. The zero-order valence-corrected chi connectivity index (χ0v) is 9.16. The van der Waals surface area contributed by atoms with Crippen LogP contribution in [0.15, 0.2) is 0 Å². The van der Waals surface area contributed by atoms with Crippen LogP contribution in [-0.4, -0.2) is 35.0 Å². The Kier molecular flexibility index (Phi) is 23.4. The molecule has 0 saturated carbocycles. The monoisotopic (exact) mass is 336 g/mol. The molecule has 0 atom stereocenters. The maximum atomic E-state index is 8.74. The Labute approximate surface area is 88.7 Å². The molecule has 0 rings (SSSR count). The quantitative estimate of drug-likeness (QED) is 0.234. The largest absolute Gasteiger partial charge is 0.394 e. The van der Waals surface area contributed by atoms with Crippen molar-refractivity contribution >= 4 is 20.8 Å². The van der Waals surface area contributed by atoms with Gasteiger partial charge in [-0.25, -0.2) is 0 Å². The van der Waals surface area contributed by atoms with Crippen molar-refractivity contribution < 1.29 is 55.5 Å². The third kappa shape index (κ3) is 12600. The van der Waals surface area contributed by atoms with Crippen molar-refractivity contribution in [1.29, 1.82) is 0 Å². The summed E-state index contributed by atoms with van der Waals surface area (Å²) in [6.45, 7) is 0. The predicted octanol–water partition coefficient (Wildman–Crippen LogP) is -0.984. The van der Waals surface area contributed by atoms with Crippen LogP contribution in [0.2, 0.25) is 0 Å². The molecule has 0 aliphatic heterocycles. The molecule has 0 aliphatic rings. The second-order valence-electron chi connectivity index (χ2n) is 0.896. The van der Waals surface area contributed by atoms with Crippen molar-refractivity contribution in [2.24, 2.45) is 0 Å². The minimum absolute atomic E-state index is 0. The van der Waals surface area contributed by atoms with E-state index in [1.807, 2.05) is 0 Å². The van der Waals surface area contributed by atoms with Gasteiger partial charge in [0.1, 0.15) is 0 Å². The molecule has 0 aromatic carbocycles. The first-order chi connectivity index (χ1) is 4.00. The van der Waals surface area contributed by atoms with Gasteiger partial charge < -0.3 is 12.3 Å². The maximum absolute atomic E-state index is 8.74. The van der Waals surface area contributed by atoms with E-state index in [1.165, 1.54) is 0 Å². The minimum atomic E-state index is -4.67. The van der Waals surface area contributed by atoms with Gasteiger partial charge >= 0.3 is 20.8 Å². The van der Waals surface area contributed by atoms with E-state index >= 15 is 0 Å². The van der Waals surface area contributed by atoms with E-state index in [4.69, 9.17) is 35.0 Å². The molecule has 90 valence electrons. The fourth-order valence-corrected chi connectivity index (χ4v) is 0.